The summed E-state index contributed by atoms with van der Waals surface area (Å²) in [4.78, 5) is 36.7. The van der Waals surface area contributed by atoms with Crippen LogP contribution < -0.4 is 15.8 Å². The number of hydrogen-bond donors (Lipinski definition) is 2. The van der Waals surface area contributed by atoms with Gasteiger partial charge in [0.25, 0.3) is 5.24 Å². The van der Waals surface area contributed by atoms with Crippen LogP contribution in [0.1, 0.15) is 23.7 Å². The Bertz CT molecular complexity index is 1080. The summed E-state index contributed by atoms with van der Waals surface area (Å²) in [6.07, 6.45) is 4.19. The van der Waals surface area contributed by atoms with Gasteiger partial charge >= 0.3 is 16.5 Å². The Balaban J connectivity index is 0.000000451. The molecule has 1 aliphatic heterocycles. The third kappa shape index (κ3) is 8.86. The quantitative estimate of drug-likeness (QED) is 0.613. The highest BCUT2D eigenvalue weighted by molar-refractivity contribution is 8.15. The fourth-order valence-electron chi connectivity index (χ4n) is 2.62. The number of aryl methyl sites for hydroxylation is 1. The number of urea groups is 1. The second-order valence-corrected chi connectivity index (χ2v) is 8.28. The van der Waals surface area contributed by atoms with Crippen molar-refractivity contribution in [1.82, 2.24) is 10.3 Å². The normalized spacial score (nSPS) is 14.7. The molecule has 1 atom stereocenters. The fraction of sp³-hybridized carbons (Fsp3) is 0.300. The van der Waals surface area contributed by atoms with Gasteiger partial charge < -0.3 is 10.5 Å². The maximum Gasteiger partial charge on any atom is 0.353 e. The van der Waals surface area contributed by atoms with Crippen molar-refractivity contribution >= 4 is 39.4 Å². The number of carbonyl (C=O) groups excluding carboxylic acids is 3. The highest BCUT2D eigenvalue weighted by Crippen LogP contribution is 2.23. The number of nitrogens with two attached hydrogens (primary N) is 1. The number of nitrogens with zero attached hydrogens (tertiary/aromatic N) is 2. The largest absolute Gasteiger partial charge is 0.493 e. The average Bonchev–Trinajstić information content (AvgIpc) is 3.06. The molecular formula is C20H22N4O6S2. The number of nitrogens with one attached hydrogen (secondary N) is 1. The molecule has 2 heterocycles. The van der Waals surface area contributed by atoms with E-state index in [0.29, 0.717) is 13.0 Å². The van der Waals surface area contributed by atoms with Gasteiger partial charge in [-0.05, 0) is 42.2 Å². The zero-order chi connectivity index (χ0) is 23.5. The molecule has 1 fully saturated rings. The monoisotopic (exact) mass is 478 g/mol. The number of carbonyl (C=O) groups is 3. The van der Waals surface area contributed by atoms with Gasteiger partial charge in [-0.25, -0.2) is 4.79 Å². The molecule has 1 aromatic carbocycles. The Morgan fingerprint density at radius 3 is 2.34 bits per heavy atom. The number of thioether (sulfide) groups is 1. The summed E-state index contributed by atoms with van der Waals surface area (Å²) in [7, 11) is -2.70. The van der Waals surface area contributed by atoms with Gasteiger partial charge in [0, 0.05) is 18.3 Å². The summed E-state index contributed by atoms with van der Waals surface area (Å²) in [5.74, 6) is 0.574. The zero-order valence-corrected chi connectivity index (χ0v) is 18.8. The van der Waals surface area contributed by atoms with Crippen LogP contribution in [0, 0.1) is 0 Å². The lowest BCUT2D eigenvalue weighted by atomic mass is 10.1. The Morgan fingerprint density at radius 1 is 1.19 bits per heavy atom. The predicted molar refractivity (Wildman–Crippen MR) is 119 cm³/mol. The molecule has 12 heteroatoms. The number of amides is 4. The Labute approximate surface area is 190 Å². The van der Waals surface area contributed by atoms with Crippen LogP contribution in [0.2, 0.25) is 0 Å². The van der Waals surface area contributed by atoms with Crippen LogP contribution in [0.25, 0.3) is 0 Å². The Morgan fingerprint density at radius 2 is 1.88 bits per heavy atom. The van der Waals surface area contributed by atoms with Gasteiger partial charge in [0.2, 0.25) is 5.91 Å². The summed E-state index contributed by atoms with van der Waals surface area (Å²) in [6, 6.07) is 10.6. The topological polar surface area (TPSA) is 158 Å². The molecule has 0 saturated carbocycles. The number of primary amides is 1. The van der Waals surface area contributed by atoms with Gasteiger partial charge in [-0.1, -0.05) is 41.2 Å². The first-order valence-corrected chi connectivity index (χ1v) is 11.5. The van der Waals surface area contributed by atoms with Gasteiger partial charge in [0.05, 0.1) is 11.9 Å². The lowest BCUT2D eigenvalue weighted by Gasteiger charge is -2.09. The van der Waals surface area contributed by atoms with E-state index in [2.05, 4.69) is 33.4 Å². The maximum absolute atomic E-state index is 11.6. The number of ether oxygens (including phenoxy) is 1. The van der Waals surface area contributed by atoms with E-state index in [9.17, 15) is 22.8 Å². The lowest BCUT2D eigenvalue weighted by molar-refractivity contribution is -0.118. The molecule has 1 unspecified atom stereocenters. The number of imide groups is 1. The van der Waals surface area contributed by atoms with E-state index >= 15 is 0 Å². The van der Waals surface area contributed by atoms with E-state index in [1.54, 1.807) is 0 Å². The van der Waals surface area contributed by atoms with E-state index in [0.717, 1.165) is 41.6 Å². The second-order valence-electron chi connectivity index (χ2n) is 6.49. The maximum atomic E-state index is 11.6. The molecule has 3 N–H and O–H groups in total. The highest BCUT2D eigenvalue weighted by atomic mass is 32.2. The smallest absolute Gasteiger partial charge is 0.353 e. The van der Waals surface area contributed by atoms with Crippen LogP contribution in [0.15, 0.2) is 47.0 Å². The van der Waals surface area contributed by atoms with Crippen molar-refractivity contribution in [3.8, 4) is 5.75 Å². The van der Waals surface area contributed by atoms with Crippen molar-refractivity contribution in [3.05, 3.63) is 59.4 Å². The Hall–Kier alpha value is -3.25. The van der Waals surface area contributed by atoms with Crippen LogP contribution in [-0.4, -0.2) is 42.4 Å². The van der Waals surface area contributed by atoms with E-state index in [-0.39, 0.29) is 16.4 Å². The first-order chi connectivity index (χ1) is 15.3. The fourth-order valence-corrected chi connectivity index (χ4v) is 3.63. The van der Waals surface area contributed by atoms with Gasteiger partial charge in [-0.2, -0.15) is 8.42 Å². The highest BCUT2D eigenvalue weighted by Gasteiger charge is 2.31. The van der Waals surface area contributed by atoms with E-state index in [1.807, 2.05) is 36.5 Å². The number of hydrogen-bond acceptors (Lipinski definition) is 8. The number of aromatic nitrogens is 1. The number of pyridine rings is 1. The summed E-state index contributed by atoms with van der Waals surface area (Å²) in [5, 5.41) is 1.70. The molecule has 1 aromatic heterocycles. The van der Waals surface area contributed by atoms with Crippen molar-refractivity contribution in [2.45, 2.75) is 31.4 Å². The van der Waals surface area contributed by atoms with Crippen LogP contribution in [0.4, 0.5) is 9.59 Å². The van der Waals surface area contributed by atoms with Crippen LogP contribution in [-0.2, 0) is 34.6 Å². The molecule has 0 bridgehead atoms. The lowest BCUT2D eigenvalue weighted by Crippen LogP contribution is -2.25. The SMILES string of the molecule is CCc1ccc(CCOc2ccc(CC3SC(=O)NC3=O)cc2)nc1.NC(=O)N=S(=O)=O. The average molecular weight is 479 g/mol. The number of benzene rings is 1. The van der Waals surface area contributed by atoms with Crippen LogP contribution >= 0.6 is 11.8 Å². The first kappa shape index (κ1) is 25.0. The molecule has 10 nitrogen and oxygen atoms in total. The minimum absolute atomic E-state index is 0.211. The van der Waals surface area contributed by atoms with E-state index in [4.69, 9.17) is 4.74 Å². The standard InChI is InChI=1S/C19H20N2O3S.CH2N2O3S/c1-2-13-3-6-15(20-12-13)9-10-24-16-7-4-14(5-8-16)11-17-18(22)21-19(23)25-17;2-1(4)3-7(5)6/h3-8,12,17H,2,9-11H2,1H3,(H,21,22,23);(H2,2,4). The van der Waals surface area contributed by atoms with Gasteiger partial charge in [0.15, 0.2) is 0 Å². The van der Waals surface area contributed by atoms with Crippen molar-refractivity contribution in [2.24, 2.45) is 10.1 Å². The second kappa shape index (κ2) is 12.6. The summed E-state index contributed by atoms with van der Waals surface area (Å²) < 4.78 is 26.8. The molecule has 32 heavy (non-hydrogen) atoms. The van der Waals surface area contributed by atoms with Gasteiger partial charge in [0.1, 0.15) is 5.75 Å². The molecule has 1 saturated heterocycles. The molecule has 3 rings (SSSR count). The molecule has 1 aliphatic rings. The van der Waals surface area contributed by atoms with Crippen LogP contribution in [0.3, 0.4) is 0 Å². The number of rotatable bonds is 7. The minimum atomic E-state index is -2.70. The summed E-state index contributed by atoms with van der Waals surface area (Å²) >= 11 is 1.05. The predicted octanol–water partition coefficient (Wildman–Crippen LogP) is 2.29. The molecule has 0 spiro atoms. The molecule has 170 valence electrons. The third-order valence-corrected chi connectivity index (χ3v) is 5.51. The molecule has 4 amide bonds. The van der Waals surface area contributed by atoms with E-state index < -0.39 is 16.5 Å². The Kier molecular flexibility index (Phi) is 9.82. The van der Waals surface area contributed by atoms with Crippen molar-refractivity contribution in [3.63, 3.8) is 0 Å². The third-order valence-electron chi connectivity index (χ3n) is 4.20. The van der Waals surface area contributed by atoms with E-state index in [1.165, 1.54) is 5.56 Å². The van der Waals surface area contributed by atoms with Crippen molar-refractivity contribution < 1.29 is 27.5 Å². The zero-order valence-electron chi connectivity index (χ0n) is 17.2. The van der Waals surface area contributed by atoms with Crippen LogP contribution in [0.5, 0.6) is 5.75 Å². The first-order valence-electron chi connectivity index (χ1n) is 9.54. The van der Waals surface area contributed by atoms with Gasteiger partial charge in [-0.3, -0.25) is 19.9 Å². The molecule has 0 aliphatic carbocycles. The molecule has 2 aromatic rings. The van der Waals surface area contributed by atoms with Gasteiger partial charge in [-0.15, -0.1) is 0 Å². The minimum Gasteiger partial charge on any atom is -0.493 e. The summed E-state index contributed by atoms with van der Waals surface area (Å²) in [6.45, 7) is 2.67. The van der Waals surface area contributed by atoms with Crippen molar-refractivity contribution in [2.75, 3.05) is 6.61 Å². The summed E-state index contributed by atoms with van der Waals surface area (Å²) in [5.41, 5.74) is 7.55. The molecular weight excluding hydrogens is 456 g/mol. The molecule has 0 radical (unpaired) electrons. The van der Waals surface area contributed by atoms with Crippen molar-refractivity contribution in [1.29, 1.82) is 0 Å².